The van der Waals surface area contributed by atoms with Gasteiger partial charge in [0.15, 0.2) is 0 Å². The van der Waals surface area contributed by atoms with Gasteiger partial charge in [-0.05, 0) is 35.4 Å². The second-order valence-electron chi connectivity index (χ2n) is 5.93. The number of imidazole rings is 1. The molecule has 0 saturated heterocycles. The van der Waals surface area contributed by atoms with Gasteiger partial charge in [-0.25, -0.2) is 23.6 Å². The molecule has 0 N–H and O–H groups in total. The maximum atomic E-state index is 13.3. The average molecular weight is 352 g/mol. The van der Waals surface area contributed by atoms with Gasteiger partial charge in [-0.15, -0.1) is 0 Å². The second-order valence-corrected chi connectivity index (χ2v) is 5.93. The summed E-state index contributed by atoms with van der Waals surface area (Å²) in [6.07, 6.45) is 4.46. The molecule has 1 aliphatic heterocycles. The first-order valence-electron chi connectivity index (χ1n) is 8.01. The van der Waals surface area contributed by atoms with E-state index in [1.807, 2.05) is 0 Å². The molecule has 0 saturated carbocycles. The molecule has 0 bridgehead atoms. The minimum atomic E-state index is -0.350. The Kier molecular flexibility index (Phi) is 4.04. The highest BCUT2D eigenvalue weighted by Crippen LogP contribution is 2.29. The summed E-state index contributed by atoms with van der Waals surface area (Å²) in [5.41, 5.74) is 2.17. The summed E-state index contributed by atoms with van der Waals surface area (Å²) in [5, 5.41) is 5.80. The first-order valence-corrected chi connectivity index (χ1v) is 8.01. The van der Waals surface area contributed by atoms with E-state index in [-0.39, 0.29) is 23.6 Å². The van der Waals surface area contributed by atoms with Crippen molar-refractivity contribution in [1.29, 1.82) is 0 Å². The average Bonchev–Trinajstić information content (AvgIpc) is 3.33. The number of rotatable bonds is 2. The Morgan fingerprint density at radius 2 is 1.65 bits per heavy atom. The van der Waals surface area contributed by atoms with Crippen LogP contribution in [0.3, 0.4) is 0 Å². The molecule has 1 amide bonds. The van der Waals surface area contributed by atoms with Crippen LogP contribution in [0.5, 0.6) is 0 Å². The fourth-order valence-corrected chi connectivity index (χ4v) is 2.96. The molecule has 1 aliphatic rings. The number of carbonyl (C=O) groups excluding carboxylic acids is 1. The van der Waals surface area contributed by atoms with E-state index in [0.29, 0.717) is 17.8 Å². The summed E-state index contributed by atoms with van der Waals surface area (Å²) in [6, 6.07) is 11.7. The summed E-state index contributed by atoms with van der Waals surface area (Å²) in [4.78, 5) is 16.5. The van der Waals surface area contributed by atoms with Crippen LogP contribution in [0, 0.1) is 11.6 Å². The van der Waals surface area contributed by atoms with Gasteiger partial charge in [0.05, 0.1) is 12.3 Å². The van der Waals surface area contributed by atoms with Crippen LogP contribution in [0.1, 0.15) is 17.0 Å². The fraction of sp³-hybridized carbons (Fsp3) is 0.105. The lowest BCUT2D eigenvalue weighted by molar-refractivity contribution is 0.205. The second kappa shape index (κ2) is 6.51. The summed E-state index contributed by atoms with van der Waals surface area (Å²) in [7, 11) is 0. The third-order valence-electron chi connectivity index (χ3n) is 4.27. The number of carbonyl (C=O) groups is 1. The van der Waals surface area contributed by atoms with E-state index in [1.54, 1.807) is 30.5 Å². The highest BCUT2D eigenvalue weighted by Gasteiger charge is 2.32. The largest absolute Gasteiger partial charge is 0.349 e. The van der Waals surface area contributed by atoms with Crippen LogP contribution in [0.15, 0.2) is 72.4 Å². The zero-order chi connectivity index (χ0) is 18.1. The third-order valence-corrected chi connectivity index (χ3v) is 4.27. The van der Waals surface area contributed by atoms with Gasteiger partial charge < -0.3 is 0 Å². The van der Waals surface area contributed by atoms with Crippen LogP contribution in [0.4, 0.5) is 13.6 Å². The van der Waals surface area contributed by atoms with Crippen LogP contribution in [-0.2, 0) is 0 Å². The fourth-order valence-electron chi connectivity index (χ4n) is 2.96. The summed E-state index contributed by atoms with van der Waals surface area (Å²) < 4.78 is 27.9. The lowest BCUT2D eigenvalue weighted by Gasteiger charge is -2.15. The lowest BCUT2D eigenvalue weighted by atomic mass is 9.90. The van der Waals surface area contributed by atoms with Gasteiger partial charge in [0.25, 0.3) is 0 Å². The normalized spacial score (nSPS) is 16.6. The zero-order valence-electron chi connectivity index (χ0n) is 13.6. The van der Waals surface area contributed by atoms with Crippen molar-refractivity contribution in [3.63, 3.8) is 0 Å². The molecule has 0 spiro atoms. The summed E-state index contributed by atoms with van der Waals surface area (Å²) in [5.74, 6) is -0.927. The topological polar surface area (TPSA) is 50.5 Å². The van der Waals surface area contributed by atoms with Crippen molar-refractivity contribution >= 4 is 11.7 Å². The summed E-state index contributed by atoms with van der Waals surface area (Å²) in [6.45, 7) is 0.301. The molecule has 4 rings (SSSR count). The van der Waals surface area contributed by atoms with E-state index >= 15 is 0 Å². The molecule has 1 unspecified atom stereocenters. The molecular formula is C19H14F2N4O. The monoisotopic (exact) mass is 352 g/mol. The van der Waals surface area contributed by atoms with Gasteiger partial charge in [-0.2, -0.15) is 5.10 Å². The number of nitrogens with zero attached hydrogens (tertiary/aromatic N) is 4. The van der Waals surface area contributed by atoms with Crippen LogP contribution >= 0.6 is 0 Å². The minimum Gasteiger partial charge on any atom is -0.257 e. The van der Waals surface area contributed by atoms with Crippen molar-refractivity contribution in [2.45, 2.75) is 5.92 Å². The predicted molar refractivity (Wildman–Crippen MR) is 91.8 cm³/mol. The van der Waals surface area contributed by atoms with Crippen molar-refractivity contribution in [1.82, 2.24) is 14.6 Å². The first kappa shape index (κ1) is 16.1. The van der Waals surface area contributed by atoms with E-state index in [4.69, 9.17) is 0 Å². The molecule has 2 heterocycles. The number of halogens is 2. The molecule has 0 fully saturated rings. The first-order chi connectivity index (χ1) is 12.6. The Morgan fingerprint density at radius 3 is 2.27 bits per heavy atom. The zero-order valence-corrected chi connectivity index (χ0v) is 13.6. The molecule has 0 radical (unpaired) electrons. The Balaban J connectivity index is 1.72. The van der Waals surface area contributed by atoms with Crippen LogP contribution in [-0.4, -0.2) is 32.8 Å². The Morgan fingerprint density at radius 1 is 1.00 bits per heavy atom. The molecule has 1 atom stereocenters. The molecule has 5 nitrogen and oxygen atoms in total. The molecule has 7 heteroatoms. The van der Waals surface area contributed by atoms with Crippen LogP contribution in [0.25, 0.3) is 0 Å². The predicted octanol–water partition coefficient (Wildman–Crippen LogP) is 3.63. The summed E-state index contributed by atoms with van der Waals surface area (Å²) >= 11 is 0. The molecule has 26 heavy (non-hydrogen) atoms. The highest BCUT2D eigenvalue weighted by molar-refractivity contribution is 6.07. The van der Waals surface area contributed by atoms with Crippen molar-refractivity contribution in [3.8, 4) is 0 Å². The van der Waals surface area contributed by atoms with Crippen molar-refractivity contribution in [2.75, 3.05) is 6.54 Å². The van der Waals surface area contributed by atoms with Gasteiger partial charge >= 0.3 is 6.03 Å². The van der Waals surface area contributed by atoms with Gasteiger partial charge in [-0.1, -0.05) is 24.3 Å². The highest BCUT2D eigenvalue weighted by atomic mass is 19.1. The smallest absolute Gasteiger partial charge is 0.257 e. The maximum Gasteiger partial charge on any atom is 0.349 e. The molecule has 2 aromatic carbocycles. The Hall–Kier alpha value is -3.35. The van der Waals surface area contributed by atoms with E-state index in [2.05, 4.69) is 10.1 Å². The van der Waals surface area contributed by atoms with Crippen LogP contribution < -0.4 is 0 Å². The SMILES string of the molecule is O=C(N1CC(c2ccc(F)cc2)C(c2ccc(F)cc2)=N1)n1ccnc1. The number of hydrazone groups is 1. The van der Waals surface area contributed by atoms with E-state index in [9.17, 15) is 13.6 Å². The lowest BCUT2D eigenvalue weighted by Crippen LogP contribution is -2.29. The Bertz CT molecular complexity index is 950. The van der Waals surface area contributed by atoms with Gasteiger partial charge in [0.2, 0.25) is 0 Å². The molecule has 0 aliphatic carbocycles. The number of benzene rings is 2. The maximum absolute atomic E-state index is 13.3. The number of hydrogen-bond donors (Lipinski definition) is 0. The third kappa shape index (κ3) is 2.99. The molecular weight excluding hydrogens is 338 g/mol. The minimum absolute atomic E-state index is 0.242. The standard InChI is InChI=1S/C19H14F2N4O/c20-15-5-1-13(2-6-15)17-11-25(19(26)24-10-9-22-12-24)23-18(17)14-3-7-16(21)8-4-14/h1-10,12,17H,11H2. The molecule has 3 aromatic rings. The Labute approximate surface area is 148 Å². The van der Waals surface area contributed by atoms with E-state index < -0.39 is 0 Å². The van der Waals surface area contributed by atoms with Crippen LogP contribution in [0.2, 0.25) is 0 Å². The molecule has 130 valence electrons. The van der Waals surface area contributed by atoms with E-state index in [1.165, 1.54) is 46.4 Å². The van der Waals surface area contributed by atoms with Gasteiger partial charge in [0, 0.05) is 18.3 Å². The van der Waals surface area contributed by atoms with Crippen molar-refractivity contribution in [3.05, 3.63) is 90.0 Å². The molecule has 1 aromatic heterocycles. The quantitative estimate of drug-likeness (QED) is 0.707. The number of aromatic nitrogens is 2. The van der Waals surface area contributed by atoms with Gasteiger partial charge in [-0.3, -0.25) is 4.57 Å². The van der Waals surface area contributed by atoms with Crippen molar-refractivity contribution in [2.24, 2.45) is 5.10 Å². The van der Waals surface area contributed by atoms with E-state index in [0.717, 1.165) is 5.56 Å². The van der Waals surface area contributed by atoms with Crippen molar-refractivity contribution < 1.29 is 13.6 Å². The van der Waals surface area contributed by atoms with Gasteiger partial charge in [0.1, 0.15) is 18.0 Å². The number of amides is 1. The number of hydrogen-bond acceptors (Lipinski definition) is 3.